The molecule has 4 nitrogen and oxygen atoms in total. The van der Waals surface area contributed by atoms with Gasteiger partial charge in [0.25, 0.3) is 0 Å². The van der Waals surface area contributed by atoms with Gasteiger partial charge in [-0.25, -0.2) is 13.1 Å². The summed E-state index contributed by atoms with van der Waals surface area (Å²) in [4.78, 5) is 2.71. The van der Waals surface area contributed by atoms with Crippen LogP contribution in [0.5, 0.6) is 0 Å². The average Bonchev–Trinajstić information content (AvgIpc) is 2.42. The van der Waals surface area contributed by atoms with E-state index in [0.717, 1.165) is 19.6 Å². The van der Waals surface area contributed by atoms with E-state index in [4.69, 9.17) is 0 Å². The zero-order valence-corrected chi connectivity index (χ0v) is 12.7. The summed E-state index contributed by atoms with van der Waals surface area (Å²) >= 11 is 0. The van der Waals surface area contributed by atoms with Crippen molar-refractivity contribution >= 4 is 10.0 Å². The molecular weight excluding hydrogens is 272 g/mol. The molecule has 20 heavy (non-hydrogen) atoms. The largest absolute Gasteiger partial charge is 0.302 e. The third kappa shape index (κ3) is 4.89. The van der Waals surface area contributed by atoms with Crippen molar-refractivity contribution in [2.24, 2.45) is 0 Å². The predicted molar refractivity (Wildman–Crippen MR) is 81.2 cm³/mol. The van der Waals surface area contributed by atoms with Crippen molar-refractivity contribution in [2.75, 3.05) is 26.2 Å². The summed E-state index contributed by atoms with van der Waals surface area (Å²) in [5.41, 5.74) is 0. The van der Waals surface area contributed by atoms with E-state index in [0.29, 0.717) is 11.4 Å². The molecular formula is C15H24N2O2S. The van der Waals surface area contributed by atoms with E-state index in [2.05, 4.69) is 9.62 Å². The van der Waals surface area contributed by atoms with Gasteiger partial charge in [0.15, 0.2) is 0 Å². The van der Waals surface area contributed by atoms with Crippen LogP contribution in [-0.2, 0) is 10.0 Å². The number of sulfonamides is 1. The number of rotatable bonds is 5. The number of likely N-dealkylation sites (tertiary alicyclic amines) is 1. The van der Waals surface area contributed by atoms with Gasteiger partial charge < -0.3 is 4.90 Å². The first kappa shape index (κ1) is 15.5. The number of hydrogen-bond donors (Lipinski definition) is 1. The molecule has 0 unspecified atom stereocenters. The Kier molecular flexibility index (Phi) is 6.01. The second-order valence-corrected chi connectivity index (χ2v) is 7.09. The monoisotopic (exact) mass is 296 g/mol. The number of nitrogens with one attached hydrogen (secondary N) is 1. The molecule has 0 radical (unpaired) electrons. The summed E-state index contributed by atoms with van der Waals surface area (Å²) in [5.74, 6) is 0. The van der Waals surface area contributed by atoms with Crippen LogP contribution < -0.4 is 4.72 Å². The van der Waals surface area contributed by atoms with Crippen LogP contribution in [0.1, 0.15) is 32.1 Å². The van der Waals surface area contributed by atoms with E-state index in [9.17, 15) is 8.42 Å². The highest BCUT2D eigenvalue weighted by molar-refractivity contribution is 7.89. The van der Waals surface area contributed by atoms with Gasteiger partial charge in [-0.15, -0.1) is 0 Å². The van der Waals surface area contributed by atoms with Crippen LogP contribution in [0, 0.1) is 0 Å². The molecule has 1 aliphatic rings. The Bertz CT molecular complexity index is 480. The molecule has 0 amide bonds. The molecule has 2 rings (SSSR count). The van der Waals surface area contributed by atoms with Crippen molar-refractivity contribution < 1.29 is 8.42 Å². The smallest absolute Gasteiger partial charge is 0.240 e. The minimum atomic E-state index is -3.35. The maximum atomic E-state index is 12.1. The SMILES string of the molecule is O=S(=O)(NCCN1CCCCCCC1)c1ccccc1. The predicted octanol–water partition coefficient (Wildman–Crippen LogP) is 2.23. The summed E-state index contributed by atoms with van der Waals surface area (Å²) in [6.07, 6.45) is 6.39. The van der Waals surface area contributed by atoms with Gasteiger partial charge in [-0.1, -0.05) is 37.5 Å². The van der Waals surface area contributed by atoms with E-state index in [1.165, 1.54) is 32.1 Å². The van der Waals surface area contributed by atoms with E-state index in [-0.39, 0.29) is 0 Å². The fourth-order valence-electron chi connectivity index (χ4n) is 2.56. The minimum absolute atomic E-state index is 0.340. The highest BCUT2D eigenvalue weighted by atomic mass is 32.2. The van der Waals surface area contributed by atoms with Crippen LogP contribution in [0.25, 0.3) is 0 Å². The zero-order chi connectivity index (χ0) is 14.3. The molecule has 0 aromatic heterocycles. The second kappa shape index (κ2) is 7.76. The van der Waals surface area contributed by atoms with E-state index < -0.39 is 10.0 Å². The Labute approximate surface area is 122 Å². The van der Waals surface area contributed by atoms with Crippen LogP contribution in [-0.4, -0.2) is 39.5 Å². The first-order chi connectivity index (χ1) is 9.68. The number of nitrogens with zero attached hydrogens (tertiary/aromatic N) is 1. The fourth-order valence-corrected chi connectivity index (χ4v) is 3.60. The van der Waals surface area contributed by atoms with Crippen molar-refractivity contribution in [3.63, 3.8) is 0 Å². The molecule has 1 aromatic rings. The van der Waals surface area contributed by atoms with Gasteiger partial charge in [0.2, 0.25) is 10.0 Å². The van der Waals surface area contributed by atoms with Crippen LogP contribution >= 0.6 is 0 Å². The molecule has 112 valence electrons. The maximum absolute atomic E-state index is 12.1. The summed E-state index contributed by atoms with van der Waals surface area (Å²) in [6, 6.07) is 8.55. The molecule has 0 aliphatic carbocycles. The Balaban J connectivity index is 1.80. The van der Waals surface area contributed by atoms with Gasteiger partial charge in [0.1, 0.15) is 0 Å². The van der Waals surface area contributed by atoms with E-state index in [1.807, 2.05) is 6.07 Å². The first-order valence-electron chi connectivity index (χ1n) is 7.45. The van der Waals surface area contributed by atoms with E-state index in [1.54, 1.807) is 24.3 Å². The molecule has 1 aromatic carbocycles. The molecule has 0 bridgehead atoms. The summed E-state index contributed by atoms with van der Waals surface area (Å²) in [7, 11) is -3.35. The molecule has 5 heteroatoms. The standard InChI is InChI=1S/C15H24N2O2S/c18-20(19,15-9-5-4-6-10-15)16-11-14-17-12-7-2-1-3-8-13-17/h4-6,9-10,16H,1-3,7-8,11-14H2. The molecule has 0 saturated carbocycles. The Morgan fingerprint density at radius 3 is 2.20 bits per heavy atom. The molecule has 0 atom stereocenters. The van der Waals surface area contributed by atoms with Crippen molar-refractivity contribution in [3.8, 4) is 0 Å². The van der Waals surface area contributed by atoms with Crippen molar-refractivity contribution in [1.29, 1.82) is 0 Å². The van der Waals surface area contributed by atoms with Crippen molar-refractivity contribution in [1.82, 2.24) is 9.62 Å². The molecule has 1 aliphatic heterocycles. The quantitative estimate of drug-likeness (QED) is 0.906. The normalized spacial score (nSPS) is 18.4. The van der Waals surface area contributed by atoms with Crippen LogP contribution in [0.2, 0.25) is 0 Å². The molecule has 1 fully saturated rings. The van der Waals surface area contributed by atoms with Crippen LogP contribution in [0.4, 0.5) is 0 Å². The molecule has 0 spiro atoms. The van der Waals surface area contributed by atoms with Crippen LogP contribution in [0.15, 0.2) is 35.2 Å². The first-order valence-corrected chi connectivity index (χ1v) is 8.94. The lowest BCUT2D eigenvalue weighted by atomic mass is 10.1. The molecule has 1 heterocycles. The lowest BCUT2D eigenvalue weighted by Crippen LogP contribution is -2.36. The van der Waals surface area contributed by atoms with E-state index >= 15 is 0 Å². The van der Waals surface area contributed by atoms with Crippen molar-refractivity contribution in [3.05, 3.63) is 30.3 Å². The topological polar surface area (TPSA) is 49.4 Å². The van der Waals surface area contributed by atoms with Gasteiger partial charge in [-0.3, -0.25) is 0 Å². The highest BCUT2D eigenvalue weighted by Crippen LogP contribution is 2.10. The lowest BCUT2D eigenvalue weighted by molar-refractivity contribution is 0.251. The minimum Gasteiger partial charge on any atom is -0.302 e. The number of hydrogen-bond acceptors (Lipinski definition) is 3. The lowest BCUT2D eigenvalue weighted by Gasteiger charge is -2.24. The Morgan fingerprint density at radius 1 is 0.950 bits per heavy atom. The van der Waals surface area contributed by atoms with Gasteiger partial charge in [0, 0.05) is 13.1 Å². The van der Waals surface area contributed by atoms with Gasteiger partial charge in [-0.05, 0) is 38.1 Å². The average molecular weight is 296 g/mol. The Hall–Kier alpha value is -0.910. The maximum Gasteiger partial charge on any atom is 0.240 e. The molecule has 1 saturated heterocycles. The molecule has 1 N–H and O–H groups in total. The van der Waals surface area contributed by atoms with Gasteiger partial charge in [-0.2, -0.15) is 0 Å². The second-order valence-electron chi connectivity index (χ2n) is 5.32. The van der Waals surface area contributed by atoms with Crippen molar-refractivity contribution in [2.45, 2.75) is 37.0 Å². The van der Waals surface area contributed by atoms with Gasteiger partial charge >= 0.3 is 0 Å². The highest BCUT2D eigenvalue weighted by Gasteiger charge is 2.14. The van der Waals surface area contributed by atoms with Crippen LogP contribution in [0.3, 0.4) is 0 Å². The zero-order valence-electron chi connectivity index (χ0n) is 11.9. The Morgan fingerprint density at radius 2 is 1.55 bits per heavy atom. The summed E-state index contributed by atoms with van der Waals surface area (Å²) in [6.45, 7) is 3.46. The third-order valence-corrected chi connectivity index (χ3v) is 5.20. The fraction of sp³-hybridized carbons (Fsp3) is 0.600. The third-order valence-electron chi connectivity index (χ3n) is 3.72. The van der Waals surface area contributed by atoms with Gasteiger partial charge in [0.05, 0.1) is 4.90 Å². The summed E-state index contributed by atoms with van der Waals surface area (Å²) < 4.78 is 26.8. The number of benzene rings is 1. The summed E-state index contributed by atoms with van der Waals surface area (Å²) in [5, 5.41) is 0.